The molecule has 8 heteroatoms. The molecular weight excluding hydrogens is 415 g/mol. The highest BCUT2D eigenvalue weighted by Gasteiger charge is 2.31. The topological polar surface area (TPSA) is 56.4 Å². The molecule has 0 aliphatic heterocycles. The van der Waals surface area contributed by atoms with Gasteiger partial charge < -0.3 is 10.2 Å². The fraction of sp³-hybridized carbons (Fsp3) is 0.250. The van der Waals surface area contributed by atoms with Gasteiger partial charge in [-0.15, -0.1) is 0 Å². The Bertz CT molecular complexity index is 1320. The predicted octanol–water partition coefficient (Wildman–Crippen LogP) is 5.41. The monoisotopic (exact) mass is 437 g/mol. The Hall–Kier alpha value is -3.57. The van der Waals surface area contributed by atoms with Gasteiger partial charge in [0, 0.05) is 12.1 Å². The fourth-order valence-electron chi connectivity index (χ4n) is 3.77. The minimum absolute atomic E-state index is 0.236. The minimum atomic E-state index is -4.47. The molecule has 0 saturated heterocycles. The van der Waals surface area contributed by atoms with Gasteiger partial charge in [-0.3, -0.25) is 4.40 Å². The number of pyridine rings is 1. The van der Waals surface area contributed by atoms with Crippen molar-refractivity contribution in [2.45, 2.75) is 12.6 Å². The maximum atomic E-state index is 13.3. The van der Waals surface area contributed by atoms with Crippen molar-refractivity contribution in [3.05, 3.63) is 65.7 Å². The molecule has 0 bridgehead atoms. The summed E-state index contributed by atoms with van der Waals surface area (Å²) >= 11 is 0. The lowest BCUT2D eigenvalue weighted by atomic mass is 9.99. The first-order valence-corrected chi connectivity index (χ1v) is 10.2. The standard InChI is InChI=1S/C24H22F3N5/c1-31(2)12-6-11-29-22-14-18(16-7-5-8-17(13-16)24(25,26)27)19(15-28)23-30-20-9-3-4-10-21(20)32(22)23/h3-5,7-10,13-14,29H,6,11-12H2,1-2H3. The average Bonchev–Trinajstić information content (AvgIpc) is 3.15. The molecule has 2 aromatic carbocycles. The minimum Gasteiger partial charge on any atom is -0.371 e. The number of imidazole rings is 1. The Balaban J connectivity index is 1.92. The first kappa shape index (κ1) is 21.7. The molecule has 0 saturated carbocycles. The van der Waals surface area contributed by atoms with E-state index in [-0.39, 0.29) is 5.56 Å². The van der Waals surface area contributed by atoms with Gasteiger partial charge in [0.1, 0.15) is 17.5 Å². The van der Waals surface area contributed by atoms with E-state index in [0.717, 1.165) is 30.6 Å². The van der Waals surface area contributed by atoms with E-state index < -0.39 is 11.7 Å². The Labute approximate surface area is 183 Å². The lowest BCUT2D eigenvalue weighted by Crippen LogP contribution is -2.17. The van der Waals surface area contributed by atoms with Crippen LogP contribution in [-0.4, -0.2) is 41.5 Å². The molecule has 2 aromatic heterocycles. The zero-order chi connectivity index (χ0) is 22.9. The van der Waals surface area contributed by atoms with E-state index in [1.165, 1.54) is 6.07 Å². The molecule has 2 heterocycles. The van der Waals surface area contributed by atoms with Gasteiger partial charge in [0.25, 0.3) is 0 Å². The van der Waals surface area contributed by atoms with Crippen LogP contribution in [0.25, 0.3) is 27.8 Å². The van der Waals surface area contributed by atoms with E-state index in [0.29, 0.717) is 34.7 Å². The summed E-state index contributed by atoms with van der Waals surface area (Å²) in [6, 6.07) is 16.5. The SMILES string of the molecule is CN(C)CCCNc1cc(-c2cccc(C(F)(F)F)c2)c(C#N)c2nc3ccccc3n12. The fourth-order valence-corrected chi connectivity index (χ4v) is 3.77. The van der Waals surface area contributed by atoms with Gasteiger partial charge in [-0.25, -0.2) is 4.98 Å². The summed E-state index contributed by atoms with van der Waals surface area (Å²) in [5.74, 6) is 0.680. The summed E-state index contributed by atoms with van der Waals surface area (Å²) in [5, 5.41) is 13.3. The van der Waals surface area contributed by atoms with Crippen LogP contribution in [0.4, 0.5) is 19.0 Å². The molecule has 0 atom stereocenters. The molecule has 0 aliphatic rings. The highest BCUT2D eigenvalue weighted by atomic mass is 19.4. The van der Waals surface area contributed by atoms with Crippen molar-refractivity contribution in [1.29, 1.82) is 5.26 Å². The predicted molar refractivity (Wildman–Crippen MR) is 120 cm³/mol. The smallest absolute Gasteiger partial charge is 0.371 e. The second kappa shape index (κ2) is 8.52. The normalized spacial score (nSPS) is 11.9. The highest BCUT2D eigenvalue weighted by molar-refractivity contribution is 5.89. The molecule has 1 N–H and O–H groups in total. The highest BCUT2D eigenvalue weighted by Crippen LogP contribution is 2.36. The number of rotatable bonds is 6. The molecule has 0 aliphatic carbocycles. The van der Waals surface area contributed by atoms with Crippen LogP contribution in [0.5, 0.6) is 0 Å². The molecule has 0 unspecified atom stereocenters. The van der Waals surface area contributed by atoms with Crippen molar-refractivity contribution in [1.82, 2.24) is 14.3 Å². The van der Waals surface area contributed by atoms with Crippen LogP contribution in [0.15, 0.2) is 54.6 Å². The van der Waals surface area contributed by atoms with E-state index >= 15 is 0 Å². The molecule has 0 fully saturated rings. The number of alkyl halides is 3. The summed E-state index contributed by atoms with van der Waals surface area (Å²) in [5.41, 5.74) is 2.16. The molecule has 5 nitrogen and oxygen atoms in total. The van der Waals surface area contributed by atoms with Crippen LogP contribution in [-0.2, 0) is 6.18 Å². The Morgan fingerprint density at radius 2 is 1.88 bits per heavy atom. The number of nitrogens with zero attached hydrogens (tertiary/aromatic N) is 4. The van der Waals surface area contributed by atoms with E-state index in [4.69, 9.17) is 0 Å². The number of halogens is 3. The summed E-state index contributed by atoms with van der Waals surface area (Å²) in [6.07, 6.45) is -3.60. The van der Waals surface area contributed by atoms with Crippen LogP contribution >= 0.6 is 0 Å². The zero-order valence-corrected chi connectivity index (χ0v) is 17.7. The number of hydrogen-bond acceptors (Lipinski definition) is 4. The molecule has 0 amide bonds. The molecular formula is C24H22F3N5. The third-order valence-corrected chi connectivity index (χ3v) is 5.28. The summed E-state index contributed by atoms with van der Waals surface area (Å²) in [7, 11) is 3.99. The second-order valence-electron chi connectivity index (χ2n) is 7.85. The van der Waals surface area contributed by atoms with Gasteiger partial charge in [-0.1, -0.05) is 24.3 Å². The van der Waals surface area contributed by atoms with Gasteiger partial charge in [0.15, 0.2) is 5.65 Å². The van der Waals surface area contributed by atoms with Crippen molar-refractivity contribution < 1.29 is 13.2 Å². The van der Waals surface area contributed by atoms with Crippen molar-refractivity contribution >= 4 is 22.5 Å². The Morgan fingerprint density at radius 3 is 2.59 bits per heavy atom. The molecule has 164 valence electrons. The zero-order valence-electron chi connectivity index (χ0n) is 17.7. The van der Waals surface area contributed by atoms with Gasteiger partial charge in [0.05, 0.1) is 16.6 Å². The molecule has 4 rings (SSSR count). The Morgan fingerprint density at radius 1 is 1.09 bits per heavy atom. The third kappa shape index (κ3) is 4.12. The second-order valence-corrected chi connectivity index (χ2v) is 7.85. The van der Waals surface area contributed by atoms with Crippen LogP contribution in [0.2, 0.25) is 0 Å². The maximum absolute atomic E-state index is 13.3. The molecule has 0 radical (unpaired) electrons. The number of aromatic nitrogens is 2. The van der Waals surface area contributed by atoms with E-state index in [1.807, 2.05) is 42.8 Å². The number of nitriles is 1. The number of anilines is 1. The quantitative estimate of drug-likeness (QED) is 0.410. The lowest BCUT2D eigenvalue weighted by Gasteiger charge is -2.16. The van der Waals surface area contributed by atoms with E-state index in [9.17, 15) is 18.4 Å². The summed E-state index contributed by atoms with van der Waals surface area (Å²) in [4.78, 5) is 6.71. The number of benzene rings is 2. The van der Waals surface area contributed by atoms with Crippen LogP contribution in [0.1, 0.15) is 17.5 Å². The van der Waals surface area contributed by atoms with Crippen LogP contribution < -0.4 is 5.32 Å². The van der Waals surface area contributed by atoms with Gasteiger partial charge in [0.2, 0.25) is 0 Å². The first-order chi connectivity index (χ1) is 15.3. The maximum Gasteiger partial charge on any atom is 0.416 e. The van der Waals surface area contributed by atoms with Crippen LogP contribution in [0.3, 0.4) is 0 Å². The van der Waals surface area contributed by atoms with Crippen molar-refractivity contribution in [2.75, 3.05) is 32.5 Å². The largest absolute Gasteiger partial charge is 0.416 e. The van der Waals surface area contributed by atoms with Crippen LogP contribution in [0, 0.1) is 11.3 Å². The van der Waals surface area contributed by atoms with Crippen molar-refractivity contribution in [3.63, 3.8) is 0 Å². The van der Waals surface area contributed by atoms with Gasteiger partial charge in [-0.05, 0) is 63.0 Å². The number of hydrogen-bond donors (Lipinski definition) is 1. The lowest BCUT2D eigenvalue weighted by molar-refractivity contribution is -0.137. The van der Waals surface area contributed by atoms with Crippen molar-refractivity contribution in [3.8, 4) is 17.2 Å². The summed E-state index contributed by atoms with van der Waals surface area (Å²) < 4.78 is 41.8. The third-order valence-electron chi connectivity index (χ3n) is 5.28. The first-order valence-electron chi connectivity index (χ1n) is 10.2. The van der Waals surface area contributed by atoms with E-state index in [1.54, 1.807) is 12.1 Å². The molecule has 4 aromatic rings. The molecule has 32 heavy (non-hydrogen) atoms. The van der Waals surface area contributed by atoms with Gasteiger partial charge in [-0.2, -0.15) is 18.4 Å². The molecule has 0 spiro atoms. The number of para-hydroxylation sites is 2. The van der Waals surface area contributed by atoms with E-state index in [2.05, 4.69) is 21.3 Å². The Kier molecular flexibility index (Phi) is 5.76. The summed E-state index contributed by atoms with van der Waals surface area (Å²) in [6.45, 7) is 1.55. The van der Waals surface area contributed by atoms with Crippen molar-refractivity contribution in [2.24, 2.45) is 0 Å². The number of nitrogens with one attached hydrogen (secondary N) is 1. The number of fused-ring (bicyclic) bond motifs is 3. The van der Waals surface area contributed by atoms with Gasteiger partial charge >= 0.3 is 6.18 Å². The average molecular weight is 437 g/mol.